The van der Waals surface area contributed by atoms with Crippen LogP contribution in [-0.2, 0) is 17.6 Å². The van der Waals surface area contributed by atoms with Crippen molar-refractivity contribution >= 4 is 22.5 Å². The molecule has 1 aromatic heterocycles. The van der Waals surface area contributed by atoms with Crippen LogP contribution in [0.5, 0.6) is 0 Å². The molecule has 1 aromatic carbocycles. The van der Waals surface area contributed by atoms with E-state index in [1.54, 1.807) is 0 Å². The van der Waals surface area contributed by atoms with E-state index in [0.717, 1.165) is 48.0 Å². The van der Waals surface area contributed by atoms with E-state index in [0.29, 0.717) is 19.5 Å². The van der Waals surface area contributed by atoms with E-state index in [2.05, 4.69) is 16.1 Å². The normalized spacial score (nSPS) is 20.1. The second kappa shape index (κ2) is 6.13. The fourth-order valence-electron chi connectivity index (χ4n) is 3.93. The number of nitrogens with zero attached hydrogens (tertiary/aromatic N) is 5. The van der Waals surface area contributed by atoms with Crippen molar-refractivity contribution in [2.45, 2.75) is 32.1 Å². The van der Waals surface area contributed by atoms with E-state index in [4.69, 9.17) is 10.5 Å². The minimum Gasteiger partial charge on any atom is -0.311 e. The van der Waals surface area contributed by atoms with Crippen LogP contribution in [0.4, 0.5) is 5.69 Å². The molecule has 6 heteroatoms. The third kappa shape index (κ3) is 2.49. The Morgan fingerprint density at radius 3 is 3.00 bits per heavy atom. The first-order valence-electron chi connectivity index (χ1n) is 8.49. The maximum Gasteiger partial charge on any atom is 0.227 e. The number of aromatic nitrogens is 1. The highest BCUT2D eigenvalue weighted by atomic mass is 16.2. The number of rotatable bonds is 3. The number of anilines is 1. The van der Waals surface area contributed by atoms with Crippen LogP contribution in [-0.4, -0.2) is 24.0 Å². The van der Waals surface area contributed by atoms with Crippen molar-refractivity contribution < 1.29 is 4.79 Å². The molecule has 24 heavy (non-hydrogen) atoms. The summed E-state index contributed by atoms with van der Waals surface area (Å²) < 4.78 is 0. The van der Waals surface area contributed by atoms with Crippen LogP contribution in [0.15, 0.2) is 29.4 Å². The zero-order chi connectivity index (χ0) is 16.5. The summed E-state index contributed by atoms with van der Waals surface area (Å²) in [5, 5.41) is 4.71. The van der Waals surface area contributed by atoms with Crippen LogP contribution >= 0.6 is 0 Å². The predicted octanol–water partition coefficient (Wildman–Crippen LogP) is 3.78. The number of fused-ring (bicyclic) bond motifs is 2. The van der Waals surface area contributed by atoms with Gasteiger partial charge in [0.25, 0.3) is 0 Å². The molecular weight excluding hydrogens is 302 g/mol. The van der Waals surface area contributed by atoms with Gasteiger partial charge in [-0.1, -0.05) is 23.3 Å². The van der Waals surface area contributed by atoms with E-state index in [1.165, 1.54) is 5.56 Å². The highest BCUT2D eigenvalue weighted by molar-refractivity contribution is 6.05. The van der Waals surface area contributed by atoms with Crippen molar-refractivity contribution in [1.29, 1.82) is 0 Å². The molecule has 2 aliphatic rings. The average Bonchev–Trinajstić information content (AvgIpc) is 2.98. The number of pyridine rings is 1. The monoisotopic (exact) mass is 321 g/mol. The van der Waals surface area contributed by atoms with Gasteiger partial charge >= 0.3 is 0 Å². The molecule has 1 fully saturated rings. The number of azide groups is 1. The van der Waals surface area contributed by atoms with Crippen molar-refractivity contribution in [3.63, 3.8) is 0 Å². The van der Waals surface area contributed by atoms with Gasteiger partial charge in [-0.25, -0.2) is 0 Å². The van der Waals surface area contributed by atoms with Gasteiger partial charge in [-0.3, -0.25) is 9.78 Å². The molecule has 2 heterocycles. The molecule has 1 unspecified atom stereocenters. The number of para-hydroxylation sites is 1. The number of hydrogen-bond donors (Lipinski definition) is 0. The van der Waals surface area contributed by atoms with Crippen LogP contribution in [0.3, 0.4) is 0 Å². The number of aryl methyl sites for hydroxylation is 1. The summed E-state index contributed by atoms with van der Waals surface area (Å²) in [6.07, 6.45) is 4.71. The van der Waals surface area contributed by atoms with Gasteiger partial charge in [-0.05, 0) is 48.8 Å². The molecule has 1 aliphatic carbocycles. The number of hydrogen-bond acceptors (Lipinski definition) is 3. The van der Waals surface area contributed by atoms with E-state index in [1.807, 2.05) is 23.1 Å². The minimum atomic E-state index is 0.0968. The standard InChI is InChI=1S/C18H19N5O/c19-22-20-10-12-9-17(24)23(11-12)18-13-5-1-3-7-15(13)21-16-8-4-2-6-14(16)18/h1,3,5,7,12H,2,4,6,8-11H2. The maximum atomic E-state index is 12.6. The largest absolute Gasteiger partial charge is 0.311 e. The average molecular weight is 321 g/mol. The lowest BCUT2D eigenvalue weighted by Gasteiger charge is -2.26. The summed E-state index contributed by atoms with van der Waals surface area (Å²) in [4.78, 5) is 22.2. The summed E-state index contributed by atoms with van der Waals surface area (Å²) in [7, 11) is 0. The lowest BCUT2D eigenvalue weighted by molar-refractivity contribution is -0.117. The maximum absolute atomic E-state index is 12.6. The first-order chi connectivity index (χ1) is 11.8. The van der Waals surface area contributed by atoms with Crippen molar-refractivity contribution in [3.05, 3.63) is 46.0 Å². The molecule has 0 spiro atoms. The molecule has 0 radical (unpaired) electrons. The zero-order valence-corrected chi connectivity index (χ0v) is 13.5. The van der Waals surface area contributed by atoms with Gasteiger partial charge in [0.2, 0.25) is 5.91 Å². The fraction of sp³-hybridized carbons (Fsp3) is 0.444. The molecule has 1 saturated heterocycles. The van der Waals surface area contributed by atoms with Crippen molar-refractivity contribution in [2.75, 3.05) is 18.0 Å². The lowest BCUT2D eigenvalue weighted by atomic mass is 9.92. The fourth-order valence-corrected chi connectivity index (χ4v) is 3.93. The van der Waals surface area contributed by atoms with Crippen molar-refractivity contribution in [3.8, 4) is 0 Å². The van der Waals surface area contributed by atoms with Crippen LogP contribution in [0.1, 0.15) is 30.5 Å². The van der Waals surface area contributed by atoms with Crippen molar-refractivity contribution in [1.82, 2.24) is 4.98 Å². The molecule has 6 nitrogen and oxygen atoms in total. The smallest absolute Gasteiger partial charge is 0.227 e. The molecule has 2 aromatic rings. The molecule has 4 rings (SSSR count). The molecular formula is C18H19N5O. The van der Waals surface area contributed by atoms with Gasteiger partial charge in [0.1, 0.15) is 0 Å². The van der Waals surface area contributed by atoms with Gasteiger partial charge in [-0.2, -0.15) is 0 Å². The van der Waals surface area contributed by atoms with E-state index in [-0.39, 0.29) is 11.8 Å². The number of carbonyl (C=O) groups excluding carboxylic acids is 1. The number of carbonyl (C=O) groups is 1. The Balaban J connectivity index is 1.83. The van der Waals surface area contributed by atoms with Crippen LogP contribution in [0, 0.1) is 5.92 Å². The molecule has 122 valence electrons. The Labute approximate surface area is 140 Å². The first kappa shape index (κ1) is 15.0. The molecule has 1 aliphatic heterocycles. The molecule has 0 bridgehead atoms. The summed E-state index contributed by atoms with van der Waals surface area (Å²) in [5.74, 6) is 0.219. The highest BCUT2D eigenvalue weighted by Crippen LogP contribution is 2.38. The van der Waals surface area contributed by atoms with Crippen LogP contribution in [0.25, 0.3) is 21.3 Å². The van der Waals surface area contributed by atoms with E-state index in [9.17, 15) is 4.79 Å². The Bertz CT molecular complexity index is 856. The van der Waals surface area contributed by atoms with Gasteiger partial charge in [0, 0.05) is 35.5 Å². The topological polar surface area (TPSA) is 82.0 Å². The van der Waals surface area contributed by atoms with E-state index < -0.39 is 0 Å². The zero-order valence-electron chi connectivity index (χ0n) is 13.5. The highest BCUT2D eigenvalue weighted by Gasteiger charge is 2.33. The minimum absolute atomic E-state index is 0.0968. The van der Waals surface area contributed by atoms with Crippen LogP contribution in [0.2, 0.25) is 0 Å². The first-order valence-corrected chi connectivity index (χ1v) is 8.49. The Hall–Kier alpha value is -2.59. The summed E-state index contributed by atoms with van der Waals surface area (Å²) in [6, 6.07) is 8.07. The molecule has 0 N–H and O–H groups in total. The summed E-state index contributed by atoms with van der Waals surface area (Å²) >= 11 is 0. The lowest BCUT2D eigenvalue weighted by Crippen LogP contribution is -2.27. The third-order valence-corrected chi connectivity index (χ3v) is 5.02. The Morgan fingerprint density at radius 1 is 1.29 bits per heavy atom. The number of benzene rings is 1. The quantitative estimate of drug-likeness (QED) is 0.490. The Kier molecular flexibility index (Phi) is 3.82. The second-order valence-corrected chi connectivity index (χ2v) is 6.60. The SMILES string of the molecule is [N-]=[N+]=NCC1CC(=O)N(c2c3c(nc4ccccc24)CCCC3)C1. The van der Waals surface area contributed by atoms with Gasteiger partial charge in [0.15, 0.2) is 0 Å². The third-order valence-electron chi connectivity index (χ3n) is 5.02. The van der Waals surface area contributed by atoms with Gasteiger partial charge in [0.05, 0.1) is 11.2 Å². The second-order valence-electron chi connectivity index (χ2n) is 6.60. The molecule has 1 amide bonds. The molecule has 1 atom stereocenters. The van der Waals surface area contributed by atoms with Crippen LogP contribution < -0.4 is 4.90 Å². The summed E-state index contributed by atoms with van der Waals surface area (Å²) in [6.45, 7) is 1.00. The Morgan fingerprint density at radius 2 is 2.12 bits per heavy atom. The number of amides is 1. The van der Waals surface area contributed by atoms with E-state index >= 15 is 0 Å². The predicted molar refractivity (Wildman–Crippen MR) is 92.9 cm³/mol. The summed E-state index contributed by atoms with van der Waals surface area (Å²) in [5.41, 5.74) is 12.9. The van der Waals surface area contributed by atoms with Crippen molar-refractivity contribution in [2.24, 2.45) is 11.0 Å². The molecule has 0 saturated carbocycles. The van der Waals surface area contributed by atoms with Gasteiger partial charge in [-0.15, -0.1) is 0 Å². The van der Waals surface area contributed by atoms with Gasteiger partial charge < -0.3 is 4.90 Å².